The van der Waals surface area contributed by atoms with Gasteiger partial charge in [0.15, 0.2) is 0 Å². The quantitative estimate of drug-likeness (QED) is 0.628. The Morgan fingerprint density at radius 2 is 1.48 bits per heavy atom. The van der Waals surface area contributed by atoms with E-state index in [0.717, 1.165) is 17.9 Å². The number of esters is 1. The summed E-state index contributed by atoms with van der Waals surface area (Å²) in [6.45, 7) is 14.0. The summed E-state index contributed by atoms with van der Waals surface area (Å²) in [5.41, 5.74) is 0.336. The van der Waals surface area contributed by atoms with Gasteiger partial charge in [-0.15, -0.1) is 0 Å². The van der Waals surface area contributed by atoms with Crippen LogP contribution in [0.15, 0.2) is 18.2 Å². The van der Waals surface area contributed by atoms with Crippen molar-refractivity contribution < 1.29 is 18.3 Å². The Morgan fingerprint density at radius 3 is 1.74 bits per heavy atom. The first-order chi connectivity index (χ1) is 10.6. The maximum absolute atomic E-state index is 13.0. The maximum atomic E-state index is 13.0. The summed E-state index contributed by atoms with van der Waals surface area (Å²) in [5.74, 6) is -0.0981. The Hall–Kier alpha value is -1.45. The summed E-state index contributed by atoms with van der Waals surface area (Å²) in [5, 5.41) is 0. The molecule has 132 valence electrons. The van der Waals surface area contributed by atoms with Crippen LogP contribution in [0.1, 0.15) is 66.6 Å². The Kier molecular flexibility index (Phi) is 9.70. The molecule has 0 N–H and O–H groups in total. The number of hydrogen-bond acceptors (Lipinski definition) is 2. The van der Waals surface area contributed by atoms with E-state index in [-0.39, 0.29) is 5.92 Å². The third-order valence-electron chi connectivity index (χ3n) is 3.89. The summed E-state index contributed by atoms with van der Waals surface area (Å²) in [7, 11) is 0. The van der Waals surface area contributed by atoms with Crippen molar-refractivity contribution in [2.24, 2.45) is 17.8 Å². The number of rotatable bonds is 5. The van der Waals surface area contributed by atoms with Crippen molar-refractivity contribution in [1.29, 1.82) is 0 Å². The van der Waals surface area contributed by atoms with Crippen LogP contribution in [0, 0.1) is 29.4 Å². The Labute approximate surface area is 139 Å². The fraction of sp³-hybridized carbons (Fsp3) is 0.632. The minimum Gasteiger partial charge on any atom is -0.457 e. The summed E-state index contributed by atoms with van der Waals surface area (Å²) >= 11 is 0. The zero-order valence-corrected chi connectivity index (χ0v) is 15.3. The van der Waals surface area contributed by atoms with Gasteiger partial charge in [-0.2, -0.15) is 0 Å². The molecule has 0 aliphatic heterocycles. The molecule has 1 aromatic carbocycles. The summed E-state index contributed by atoms with van der Waals surface area (Å²) < 4.78 is 31.1. The lowest BCUT2D eigenvalue weighted by atomic mass is 9.96. The van der Waals surface area contributed by atoms with E-state index >= 15 is 0 Å². The van der Waals surface area contributed by atoms with Crippen LogP contribution in [0.5, 0.6) is 0 Å². The second-order valence-corrected chi connectivity index (χ2v) is 6.61. The van der Waals surface area contributed by atoms with Crippen LogP contribution in [-0.2, 0) is 9.53 Å². The van der Waals surface area contributed by atoms with Gasteiger partial charge in [0.25, 0.3) is 0 Å². The van der Waals surface area contributed by atoms with Crippen molar-refractivity contribution >= 4 is 5.97 Å². The average Bonchev–Trinajstić information content (AvgIpc) is 2.42. The number of hydrogen-bond donors (Lipinski definition) is 0. The number of carbonyl (C=O) groups is 1. The molecule has 2 unspecified atom stereocenters. The molecule has 4 heteroatoms. The summed E-state index contributed by atoms with van der Waals surface area (Å²) in [4.78, 5) is 10.9. The molecule has 0 aromatic heterocycles. The highest BCUT2D eigenvalue weighted by molar-refractivity contribution is 5.66. The standard InChI is InChI=1S/C12H14F2O2.C7H16/c1-7(2)12(16-8(3)15)9-4-10(13)6-11(14)5-9;1-5-7(4)6(2)3/h4-7,12H,1-3H3;6-7H,5H2,1-4H3. The second kappa shape index (κ2) is 10.3. The SMILES string of the molecule is CC(=O)OC(c1cc(F)cc(F)c1)C(C)C.CCC(C)C(C)C. The van der Waals surface area contributed by atoms with E-state index in [4.69, 9.17) is 4.74 Å². The van der Waals surface area contributed by atoms with Crippen LogP contribution >= 0.6 is 0 Å². The molecule has 2 nitrogen and oxygen atoms in total. The molecule has 0 saturated heterocycles. The van der Waals surface area contributed by atoms with E-state index in [1.165, 1.54) is 25.5 Å². The fourth-order valence-corrected chi connectivity index (χ4v) is 1.98. The molecule has 0 bridgehead atoms. The largest absolute Gasteiger partial charge is 0.457 e. The lowest BCUT2D eigenvalue weighted by Gasteiger charge is -2.21. The highest BCUT2D eigenvalue weighted by Gasteiger charge is 2.20. The van der Waals surface area contributed by atoms with Crippen LogP contribution in [-0.4, -0.2) is 5.97 Å². The van der Waals surface area contributed by atoms with E-state index in [1.807, 2.05) is 13.8 Å². The Morgan fingerprint density at radius 1 is 1.00 bits per heavy atom. The minimum absolute atomic E-state index is 0.0508. The van der Waals surface area contributed by atoms with Crippen LogP contribution in [0.4, 0.5) is 8.78 Å². The summed E-state index contributed by atoms with van der Waals surface area (Å²) in [6, 6.07) is 3.14. The smallest absolute Gasteiger partial charge is 0.303 e. The normalized spacial score (nSPS) is 13.3. The van der Waals surface area contributed by atoms with Crippen molar-refractivity contribution in [2.75, 3.05) is 0 Å². The Bertz CT molecular complexity index is 464. The van der Waals surface area contributed by atoms with Gasteiger partial charge in [0.2, 0.25) is 0 Å². The van der Waals surface area contributed by atoms with Gasteiger partial charge in [0.1, 0.15) is 17.7 Å². The van der Waals surface area contributed by atoms with Crippen molar-refractivity contribution in [1.82, 2.24) is 0 Å². The van der Waals surface area contributed by atoms with Gasteiger partial charge < -0.3 is 4.74 Å². The van der Waals surface area contributed by atoms with Crippen molar-refractivity contribution in [3.8, 4) is 0 Å². The molecule has 0 amide bonds. The number of ether oxygens (including phenoxy) is 1. The van der Waals surface area contributed by atoms with Crippen LogP contribution in [0.3, 0.4) is 0 Å². The molecule has 1 rings (SSSR count). The lowest BCUT2D eigenvalue weighted by Crippen LogP contribution is -2.14. The molecule has 0 spiro atoms. The summed E-state index contributed by atoms with van der Waals surface area (Å²) in [6.07, 6.45) is 0.695. The fourth-order valence-electron chi connectivity index (χ4n) is 1.98. The van der Waals surface area contributed by atoms with E-state index < -0.39 is 23.7 Å². The highest BCUT2D eigenvalue weighted by atomic mass is 19.1. The zero-order valence-electron chi connectivity index (χ0n) is 15.3. The van der Waals surface area contributed by atoms with E-state index in [9.17, 15) is 13.6 Å². The maximum Gasteiger partial charge on any atom is 0.303 e. The van der Waals surface area contributed by atoms with Gasteiger partial charge in [-0.05, 0) is 35.4 Å². The topological polar surface area (TPSA) is 26.3 Å². The van der Waals surface area contributed by atoms with E-state index in [0.29, 0.717) is 5.56 Å². The third kappa shape index (κ3) is 8.68. The van der Waals surface area contributed by atoms with Crippen molar-refractivity contribution in [3.05, 3.63) is 35.4 Å². The second-order valence-electron chi connectivity index (χ2n) is 6.61. The van der Waals surface area contributed by atoms with Gasteiger partial charge in [-0.25, -0.2) is 8.78 Å². The zero-order chi connectivity index (χ0) is 18.2. The van der Waals surface area contributed by atoms with Crippen molar-refractivity contribution in [3.63, 3.8) is 0 Å². The predicted octanol–water partition coefficient (Wildman–Crippen LogP) is 5.91. The van der Waals surface area contributed by atoms with Crippen LogP contribution < -0.4 is 0 Å². The Balaban J connectivity index is 0.000000585. The van der Waals surface area contributed by atoms with E-state index in [2.05, 4.69) is 27.7 Å². The average molecular weight is 328 g/mol. The molecule has 2 atom stereocenters. The predicted molar refractivity (Wildman–Crippen MR) is 90.0 cm³/mol. The molecule has 0 aliphatic rings. The minimum atomic E-state index is -0.673. The molecule has 0 aliphatic carbocycles. The van der Waals surface area contributed by atoms with Gasteiger partial charge in [0.05, 0.1) is 0 Å². The van der Waals surface area contributed by atoms with Gasteiger partial charge in [-0.1, -0.05) is 48.0 Å². The van der Waals surface area contributed by atoms with Gasteiger partial charge in [-0.3, -0.25) is 4.79 Å². The molecular formula is C19H30F2O2. The number of benzene rings is 1. The first kappa shape index (κ1) is 21.6. The lowest BCUT2D eigenvalue weighted by molar-refractivity contribution is -0.149. The monoisotopic (exact) mass is 328 g/mol. The molecule has 0 radical (unpaired) electrons. The van der Waals surface area contributed by atoms with Gasteiger partial charge >= 0.3 is 5.97 Å². The molecule has 0 saturated carbocycles. The highest BCUT2D eigenvalue weighted by Crippen LogP contribution is 2.27. The number of halogens is 2. The molecular weight excluding hydrogens is 298 g/mol. The van der Waals surface area contributed by atoms with E-state index in [1.54, 1.807) is 0 Å². The molecule has 0 heterocycles. The first-order valence-corrected chi connectivity index (χ1v) is 8.21. The first-order valence-electron chi connectivity index (χ1n) is 8.21. The van der Waals surface area contributed by atoms with Crippen molar-refractivity contribution in [2.45, 2.75) is 61.0 Å². The third-order valence-corrected chi connectivity index (χ3v) is 3.89. The molecule has 0 fully saturated rings. The van der Waals surface area contributed by atoms with Crippen LogP contribution in [0.2, 0.25) is 0 Å². The molecule has 23 heavy (non-hydrogen) atoms. The number of carbonyl (C=O) groups excluding carboxylic acids is 1. The van der Waals surface area contributed by atoms with Crippen LogP contribution in [0.25, 0.3) is 0 Å². The molecule has 1 aromatic rings. The van der Waals surface area contributed by atoms with Gasteiger partial charge in [0, 0.05) is 13.0 Å².